The van der Waals surface area contributed by atoms with Gasteiger partial charge in [0.25, 0.3) is 0 Å². The highest BCUT2D eigenvalue weighted by Crippen LogP contribution is 2.38. The van der Waals surface area contributed by atoms with Gasteiger partial charge in [-0.2, -0.15) is 0 Å². The van der Waals surface area contributed by atoms with Crippen LogP contribution in [0, 0.1) is 0 Å². The lowest BCUT2D eigenvalue weighted by atomic mass is 9.95. The molecule has 1 aromatic carbocycles. The molecule has 39 heavy (non-hydrogen) atoms. The number of rotatable bonds is 9. The number of halogens is 2. The zero-order chi connectivity index (χ0) is 28.1. The number of morpholine rings is 1. The van der Waals surface area contributed by atoms with Gasteiger partial charge in [0.05, 0.1) is 25.4 Å². The minimum Gasteiger partial charge on any atom is -0.480 e. The van der Waals surface area contributed by atoms with E-state index in [-0.39, 0.29) is 30.4 Å². The number of aliphatic carboxylic acids is 1. The monoisotopic (exact) mass is 596 g/mol. The Balaban J connectivity index is 1.82. The molecule has 11 nitrogen and oxygen atoms in total. The van der Waals surface area contributed by atoms with E-state index in [0.29, 0.717) is 40.3 Å². The smallest absolute Gasteiger partial charge is 0.347 e. The van der Waals surface area contributed by atoms with Gasteiger partial charge >= 0.3 is 17.9 Å². The number of nitrogens with one attached hydrogen (secondary N) is 1. The molecule has 0 amide bonds. The third kappa shape index (κ3) is 6.76. The van der Waals surface area contributed by atoms with Gasteiger partial charge in [-0.25, -0.2) is 14.6 Å². The topological polar surface area (TPSA) is 140 Å². The molecule has 1 saturated heterocycles. The largest absolute Gasteiger partial charge is 0.480 e. The fraction of sp³-hybridized carbons (Fsp3) is 0.400. The molecule has 0 bridgehead atoms. The summed E-state index contributed by atoms with van der Waals surface area (Å²) < 4.78 is 15.9. The number of ether oxygens (including phenoxy) is 3. The summed E-state index contributed by atoms with van der Waals surface area (Å²) in [7, 11) is 0. The number of hydrogen-bond donors (Lipinski definition) is 2. The summed E-state index contributed by atoms with van der Waals surface area (Å²) in [6, 6.07) is 2.89. The minimum atomic E-state index is -1.20. The minimum absolute atomic E-state index is 0.0118. The molecular weight excluding hydrogens is 571 g/mol. The molecule has 1 aromatic heterocycles. The van der Waals surface area contributed by atoms with Crippen LogP contribution in [-0.2, 0) is 28.6 Å². The first-order chi connectivity index (χ1) is 18.7. The standard InChI is InChI=1S/C25H26Cl2N4O7S/c1-3-37-24(34)13(2)38-25(35)19-17(11-31-7-8-36-12-18(31)23(32)33)29-21(22-28-6-9-39-22)30-20(19)15-5-4-14(26)10-16(15)27/h4-6,9-10,13,18,20H,3,7-8,11-12H2,1-2H3,(H,29,30)(H,32,33)/t13-,18+,20+/m1/s1. The van der Waals surface area contributed by atoms with E-state index in [4.69, 9.17) is 42.4 Å². The van der Waals surface area contributed by atoms with Gasteiger partial charge in [-0.15, -0.1) is 11.3 Å². The number of aliphatic imine (C=N–C) groups is 1. The number of amidine groups is 1. The Hall–Kier alpha value is -3.03. The Bertz CT molecular complexity index is 1300. The van der Waals surface area contributed by atoms with Crippen molar-refractivity contribution in [2.24, 2.45) is 4.99 Å². The van der Waals surface area contributed by atoms with Crippen molar-refractivity contribution in [1.29, 1.82) is 0 Å². The molecule has 0 saturated carbocycles. The quantitative estimate of drug-likeness (QED) is 0.415. The van der Waals surface area contributed by atoms with Crippen LogP contribution in [0.25, 0.3) is 0 Å². The van der Waals surface area contributed by atoms with Gasteiger partial charge in [0, 0.05) is 46.0 Å². The van der Waals surface area contributed by atoms with Crippen molar-refractivity contribution in [1.82, 2.24) is 15.2 Å². The van der Waals surface area contributed by atoms with E-state index >= 15 is 0 Å². The fourth-order valence-electron chi connectivity index (χ4n) is 4.15. The number of esters is 2. The van der Waals surface area contributed by atoms with Crippen LogP contribution in [0.5, 0.6) is 0 Å². The van der Waals surface area contributed by atoms with Crippen LogP contribution in [0.3, 0.4) is 0 Å². The van der Waals surface area contributed by atoms with Gasteiger partial charge in [0.15, 0.2) is 16.9 Å². The summed E-state index contributed by atoms with van der Waals surface area (Å²) in [6.45, 7) is 3.80. The first-order valence-electron chi connectivity index (χ1n) is 12.0. The Morgan fingerprint density at radius 1 is 1.33 bits per heavy atom. The lowest BCUT2D eigenvalue weighted by molar-refractivity contribution is -0.164. The number of thiazole rings is 1. The molecule has 0 radical (unpaired) electrons. The van der Waals surface area contributed by atoms with E-state index in [2.05, 4.69) is 10.3 Å². The molecule has 2 aliphatic rings. The summed E-state index contributed by atoms with van der Waals surface area (Å²) in [5.74, 6) is -2.23. The zero-order valence-corrected chi connectivity index (χ0v) is 23.4. The van der Waals surface area contributed by atoms with Gasteiger partial charge in [0.1, 0.15) is 12.1 Å². The van der Waals surface area contributed by atoms with E-state index in [9.17, 15) is 19.5 Å². The van der Waals surface area contributed by atoms with Crippen molar-refractivity contribution >= 4 is 58.3 Å². The van der Waals surface area contributed by atoms with Crippen molar-refractivity contribution in [3.05, 3.63) is 61.7 Å². The number of hydrogen-bond acceptors (Lipinski definition) is 11. The van der Waals surface area contributed by atoms with E-state index in [0.717, 1.165) is 0 Å². The highest BCUT2D eigenvalue weighted by Gasteiger charge is 2.38. The summed E-state index contributed by atoms with van der Waals surface area (Å²) in [5, 5.41) is 15.9. The second kappa shape index (κ2) is 12.9. The number of benzene rings is 1. The average molecular weight is 597 g/mol. The predicted molar refractivity (Wildman–Crippen MR) is 144 cm³/mol. The molecule has 208 valence electrons. The summed E-state index contributed by atoms with van der Waals surface area (Å²) in [6.07, 6.45) is 0.414. The highest BCUT2D eigenvalue weighted by molar-refractivity contribution is 7.11. The number of carboxylic acid groups (broad SMARTS) is 1. The molecular formula is C25H26Cl2N4O7S. The van der Waals surface area contributed by atoms with Crippen molar-refractivity contribution < 1.29 is 33.7 Å². The van der Waals surface area contributed by atoms with E-state index in [1.165, 1.54) is 24.3 Å². The van der Waals surface area contributed by atoms with E-state index in [1.54, 1.807) is 35.5 Å². The second-order valence-corrected chi connectivity index (χ2v) is 10.3. The van der Waals surface area contributed by atoms with Crippen LogP contribution in [0.4, 0.5) is 0 Å². The number of carboxylic acids is 1. The Kier molecular flexibility index (Phi) is 9.57. The Labute approximate surface area is 238 Å². The van der Waals surface area contributed by atoms with Gasteiger partial charge in [-0.3, -0.25) is 14.7 Å². The van der Waals surface area contributed by atoms with Gasteiger partial charge in [-0.1, -0.05) is 29.3 Å². The maximum Gasteiger partial charge on any atom is 0.347 e. The zero-order valence-electron chi connectivity index (χ0n) is 21.1. The fourth-order valence-corrected chi connectivity index (χ4v) is 5.25. The number of nitrogens with zero attached hydrogens (tertiary/aromatic N) is 3. The maximum absolute atomic E-state index is 13.7. The van der Waals surface area contributed by atoms with Crippen molar-refractivity contribution in [3.63, 3.8) is 0 Å². The molecule has 2 N–H and O–H groups in total. The highest BCUT2D eigenvalue weighted by atomic mass is 35.5. The molecule has 14 heteroatoms. The van der Waals surface area contributed by atoms with Crippen LogP contribution < -0.4 is 5.32 Å². The molecule has 4 rings (SSSR count). The molecule has 1 fully saturated rings. The second-order valence-electron chi connectivity index (χ2n) is 8.60. The lowest BCUT2D eigenvalue weighted by Gasteiger charge is -2.35. The molecule has 0 unspecified atom stereocenters. The third-order valence-corrected chi connectivity index (χ3v) is 7.37. The molecule has 3 heterocycles. The lowest BCUT2D eigenvalue weighted by Crippen LogP contribution is -2.52. The van der Waals surface area contributed by atoms with Crippen molar-refractivity contribution in [2.45, 2.75) is 32.0 Å². The van der Waals surface area contributed by atoms with Crippen molar-refractivity contribution in [2.75, 3.05) is 32.9 Å². The first kappa shape index (κ1) is 29.0. The van der Waals surface area contributed by atoms with Gasteiger partial charge in [-0.05, 0) is 26.0 Å². The van der Waals surface area contributed by atoms with E-state index < -0.39 is 36.1 Å². The Morgan fingerprint density at radius 3 is 2.79 bits per heavy atom. The predicted octanol–water partition coefficient (Wildman–Crippen LogP) is 3.08. The molecule has 2 aliphatic heterocycles. The summed E-state index contributed by atoms with van der Waals surface area (Å²) in [5.41, 5.74) is 0.855. The van der Waals surface area contributed by atoms with E-state index in [1.807, 2.05) is 0 Å². The van der Waals surface area contributed by atoms with Gasteiger partial charge < -0.3 is 24.6 Å². The third-order valence-electron chi connectivity index (χ3n) is 6.03. The normalized spacial score (nSPS) is 20.6. The van der Waals surface area contributed by atoms with Crippen LogP contribution in [0.1, 0.15) is 30.5 Å². The number of carbonyl (C=O) groups excluding carboxylic acids is 2. The molecule has 0 aliphatic carbocycles. The number of carbonyl (C=O) groups is 3. The molecule has 0 spiro atoms. The van der Waals surface area contributed by atoms with Crippen LogP contribution >= 0.6 is 34.5 Å². The summed E-state index contributed by atoms with van der Waals surface area (Å²) in [4.78, 5) is 48.7. The molecule has 2 aromatic rings. The average Bonchev–Trinajstić information content (AvgIpc) is 3.44. The Morgan fingerprint density at radius 2 is 2.13 bits per heavy atom. The van der Waals surface area contributed by atoms with Gasteiger partial charge in [0.2, 0.25) is 0 Å². The van der Waals surface area contributed by atoms with Crippen LogP contribution in [0.2, 0.25) is 10.0 Å². The SMILES string of the molecule is CCOC(=O)[C@@H](C)OC(=O)C1=C(CN2CCOC[C@H]2C(=O)O)NC(c2nccs2)=N[C@H]1c1ccc(Cl)cc1Cl. The summed E-state index contributed by atoms with van der Waals surface area (Å²) >= 11 is 14.0. The van der Waals surface area contributed by atoms with Crippen LogP contribution in [-0.4, -0.2) is 83.8 Å². The first-order valence-corrected chi connectivity index (χ1v) is 13.7. The van der Waals surface area contributed by atoms with Crippen molar-refractivity contribution in [3.8, 4) is 0 Å². The maximum atomic E-state index is 13.7. The molecule has 3 atom stereocenters. The van der Waals surface area contributed by atoms with Crippen LogP contribution in [0.15, 0.2) is 46.0 Å². The number of aromatic nitrogens is 1.